The zero-order chi connectivity index (χ0) is 13.1. The van der Waals surface area contributed by atoms with Gasteiger partial charge in [-0.25, -0.2) is 0 Å². The standard InChI is InChI=1S/C12H27NO3Si/c1-16-17(2,3)11-7-5-4-6-9-13-10-8-12(14)15/h13H,4-11H2,1-3H3,(H,14,15). The van der Waals surface area contributed by atoms with E-state index in [-0.39, 0.29) is 6.42 Å². The summed E-state index contributed by atoms with van der Waals surface area (Å²) in [5, 5.41) is 11.6. The highest BCUT2D eigenvalue weighted by atomic mass is 28.4. The number of carbonyl (C=O) groups is 1. The fraction of sp³-hybridized carbons (Fsp3) is 0.917. The molecule has 0 unspecified atom stereocenters. The minimum atomic E-state index is -1.35. The van der Waals surface area contributed by atoms with Crippen LogP contribution in [0.4, 0.5) is 0 Å². The lowest BCUT2D eigenvalue weighted by Crippen LogP contribution is -2.27. The Hall–Kier alpha value is -0.393. The van der Waals surface area contributed by atoms with Gasteiger partial charge >= 0.3 is 5.97 Å². The van der Waals surface area contributed by atoms with Gasteiger partial charge in [-0.05, 0) is 32.1 Å². The van der Waals surface area contributed by atoms with Crippen molar-refractivity contribution in [3.63, 3.8) is 0 Å². The second-order valence-corrected chi connectivity index (χ2v) is 9.45. The molecule has 0 spiro atoms. The maximum atomic E-state index is 10.2. The first-order valence-electron chi connectivity index (χ1n) is 6.45. The molecule has 0 atom stereocenters. The number of unbranched alkanes of at least 4 members (excludes halogenated alkanes) is 3. The molecule has 0 bridgehead atoms. The fourth-order valence-electron chi connectivity index (χ4n) is 1.58. The molecule has 0 aromatic heterocycles. The number of hydrogen-bond acceptors (Lipinski definition) is 3. The number of nitrogens with one attached hydrogen (secondary N) is 1. The molecular weight excluding hydrogens is 234 g/mol. The van der Waals surface area contributed by atoms with Crippen LogP contribution in [0, 0.1) is 0 Å². The van der Waals surface area contributed by atoms with E-state index in [1.165, 1.54) is 25.3 Å². The van der Waals surface area contributed by atoms with Crippen LogP contribution in [-0.2, 0) is 9.22 Å². The van der Waals surface area contributed by atoms with Gasteiger partial charge < -0.3 is 14.8 Å². The van der Waals surface area contributed by atoms with E-state index in [4.69, 9.17) is 9.53 Å². The molecule has 0 aromatic rings. The molecule has 17 heavy (non-hydrogen) atoms. The van der Waals surface area contributed by atoms with Gasteiger partial charge in [-0.1, -0.05) is 19.3 Å². The first-order valence-corrected chi connectivity index (χ1v) is 9.57. The summed E-state index contributed by atoms with van der Waals surface area (Å²) in [6, 6.07) is 1.23. The summed E-state index contributed by atoms with van der Waals surface area (Å²) in [6.07, 6.45) is 5.07. The van der Waals surface area contributed by atoms with Crippen molar-refractivity contribution >= 4 is 14.3 Å². The highest BCUT2D eigenvalue weighted by molar-refractivity contribution is 6.71. The van der Waals surface area contributed by atoms with Crippen LogP contribution in [0.2, 0.25) is 19.1 Å². The van der Waals surface area contributed by atoms with E-state index in [1.54, 1.807) is 0 Å². The normalized spacial score (nSPS) is 11.7. The lowest BCUT2D eigenvalue weighted by Gasteiger charge is -2.19. The Morgan fingerprint density at radius 1 is 1.18 bits per heavy atom. The predicted octanol–water partition coefficient (Wildman–Crippen LogP) is 2.46. The molecule has 0 aromatic carbocycles. The molecule has 102 valence electrons. The Labute approximate surface area is 106 Å². The lowest BCUT2D eigenvalue weighted by molar-refractivity contribution is -0.136. The molecule has 0 saturated heterocycles. The van der Waals surface area contributed by atoms with Crippen molar-refractivity contribution in [2.45, 2.75) is 51.2 Å². The van der Waals surface area contributed by atoms with Gasteiger partial charge in [-0.15, -0.1) is 0 Å². The fourth-order valence-corrected chi connectivity index (χ4v) is 2.88. The molecule has 0 fully saturated rings. The number of rotatable bonds is 11. The summed E-state index contributed by atoms with van der Waals surface area (Å²) in [4.78, 5) is 10.2. The van der Waals surface area contributed by atoms with Crippen LogP contribution in [0.1, 0.15) is 32.1 Å². The van der Waals surface area contributed by atoms with Crippen LogP contribution in [-0.4, -0.2) is 39.6 Å². The summed E-state index contributed by atoms with van der Waals surface area (Å²) < 4.78 is 5.49. The topological polar surface area (TPSA) is 58.6 Å². The summed E-state index contributed by atoms with van der Waals surface area (Å²) in [7, 11) is 0.466. The number of carboxylic acid groups (broad SMARTS) is 1. The second kappa shape index (κ2) is 9.62. The van der Waals surface area contributed by atoms with Crippen LogP contribution in [0.3, 0.4) is 0 Å². The van der Waals surface area contributed by atoms with Gasteiger partial charge in [-0.2, -0.15) is 0 Å². The predicted molar refractivity (Wildman–Crippen MR) is 72.9 cm³/mol. The molecule has 0 aliphatic heterocycles. The molecule has 0 aliphatic carbocycles. The van der Waals surface area contributed by atoms with Crippen molar-refractivity contribution in [2.24, 2.45) is 0 Å². The second-order valence-electron chi connectivity index (χ2n) is 5.02. The van der Waals surface area contributed by atoms with Crippen molar-refractivity contribution in [1.29, 1.82) is 0 Å². The molecule has 0 heterocycles. The number of carboxylic acids is 1. The van der Waals surface area contributed by atoms with Gasteiger partial charge in [0.05, 0.1) is 6.42 Å². The average Bonchev–Trinajstić information content (AvgIpc) is 2.26. The third kappa shape index (κ3) is 11.9. The minimum absolute atomic E-state index is 0.216. The third-order valence-electron chi connectivity index (χ3n) is 2.95. The summed E-state index contributed by atoms with van der Waals surface area (Å²) >= 11 is 0. The molecule has 5 heteroatoms. The largest absolute Gasteiger partial charge is 0.481 e. The molecule has 0 saturated carbocycles. The molecule has 4 nitrogen and oxygen atoms in total. The zero-order valence-electron chi connectivity index (χ0n) is 11.4. The quantitative estimate of drug-likeness (QED) is 0.443. The highest BCUT2D eigenvalue weighted by Crippen LogP contribution is 2.15. The van der Waals surface area contributed by atoms with Crippen molar-refractivity contribution < 1.29 is 14.3 Å². The van der Waals surface area contributed by atoms with Gasteiger partial charge in [0.15, 0.2) is 8.32 Å². The van der Waals surface area contributed by atoms with Crippen LogP contribution in [0.15, 0.2) is 0 Å². The average molecular weight is 261 g/mol. The maximum absolute atomic E-state index is 10.2. The van der Waals surface area contributed by atoms with Gasteiger partial charge in [0.2, 0.25) is 0 Å². The Balaban J connectivity index is 3.16. The van der Waals surface area contributed by atoms with Crippen molar-refractivity contribution in [2.75, 3.05) is 20.2 Å². The molecule has 0 aliphatic rings. The minimum Gasteiger partial charge on any atom is -0.481 e. The van der Waals surface area contributed by atoms with Crippen molar-refractivity contribution in [3.8, 4) is 0 Å². The van der Waals surface area contributed by atoms with Gasteiger partial charge in [0, 0.05) is 13.7 Å². The smallest absolute Gasteiger partial charge is 0.304 e. The van der Waals surface area contributed by atoms with Crippen molar-refractivity contribution in [1.82, 2.24) is 5.32 Å². The Bertz CT molecular complexity index is 210. The zero-order valence-corrected chi connectivity index (χ0v) is 12.4. The van der Waals surface area contributed by atoms with E-state index >= 15 is 0 Å². The van der Waals surface area contributed by atoms with Crippen LogP contribution < -0.4 is 5.32 Å². The monoisotopic (exact) mass is 261 g/mol. The summed E-state index contributed by atoms with van der Waals surface area (Å²) in [5.74, 6) is -0.732. The number of aliphatic carboxylic acids is 1. The Morgan fingerprint density at radius 3 is 2.41 bits per heavy atom. The van der Waals surface area contributed by atoms with E-state index in [0.717, 1.165) is 13.0 Å². The lowest BCUT2D eigenvalue weighted by atomic mass is 10.2. The molecule has 0 radical (unpaired) electrons. The maximum Gasteiger partial charge on any atom is 0.304 e. The molecule has 2 N–H and O–H groups in total. The van der Waals surface area contributed by atoms with E-state index < -0.39 is 14.3 Å². The van der Waals surface area contributed by atoms with E-state index in [0.29, 0.717) is 6.54 Å². The summed E-state index contributed by atoms with van der Waals surface area (Å²) in [5.41, 5.74) is 0. The van der Waals surface area contributed by atoms with Gasteiger partial charge in [-0.3, -0.25) is 4.79 Å². The first-order chi connectivity index (χ1) is 7.98. The molecular formula is C12H27NO3Si. The van der Waals surface area contributed by atoms with Gasteiger partial charge in [0.1, 0.15) is 0 Å². The van der Waals surface area contributed by atoms with Crippen LogP contribution in [0.5, 0.6) is 0 Å². The van der Waals surface area contributed by atoms with E-state index in [2.05, 4.69) is 18.4 Å². The van der Waals surface area contributed by atoms with Gasteiger partial charge in [0.25, 0.3) is 0 Å². The number of hydrogen-bond donors (Lipinski definition) is 2. The summed E-state index contributed by atoms with van der Waals surface area (Å²) in [6.45, 7) is 6.01. The Morgan fingerprint density at radius 2 is 1.82 bits per heavy atom. The first kappa shape index (κ1) is 16.6. The SMILES string of the molecule is CO[Si](C)(C)CCCCCCNCCC(=O)O. The van der Waals surface area contributed by atoms with E-state index in [9.17, 15) is 4.79 Å². The van der Waals surface area contributed by atoms with Crippen LogP contribution in [0.25, 0.3) is 0 Å². The molecule has 0 rings (SSSR count). The van der Waals surface area contributed by atoms with Crippen LogP contribution >= 0.6 is 0 Å². The Kier molecular flexibility index (Phi) is 9.40. The van der Waals surface area contributed by atoms with Crippen molar-refractivity contribution in [3.05, 3.63) is 0 Å². The van der Waals surface area contributed by atoms with E-state index in [1.807, 2.05) is 7.11 Å². The highest BCUT2D eigenvalue weighted by Gasteiger charge is 2.18. The third-order valence-corrected chi connectivity index (χ3v) is 5.61. The molecule has 0 amide bonds.